The van der Waals surface area contributed by atoms with Crippen molar-refractivity contribution in [1.29, 1.82) is 0 Å². The van der Waals surface area contributed by atoms with Crippen LogP contribution in [0.5, 0.6) is 0 Å². The van der Waals surface area contributed by atoms with Crippen molar-refractivity contribution < 1.29 is 8.42 Å². The summed E-state index contributed by atoms with van der Waals surface area (Å²) in [5.41, 5.74) is 1.45. The third-order valence-corrected chi connectivity index (χ3v) is 6.59. The normalized spacial score (nSPS) is 15.4. The molecule has 1 fully saturated rings. The van der Waals surface area contributed by atoms with E-state index in [0.717, 1.165) is 41.3 Å². The molecule has 3 aromatic rings. The molecule has 0 radical (unpaired) electrons. The molecule has 1 aromatic carbocycles. The van der Waals surface area contributed by atoms with Crippen molar-refractivity contribution in [3.05, 3.63) is 47.9 Å². The second-order valence-corrected chi connectivity index (χ2v) is 10.9. The van der Waals surface area contributed by atoms with Gasteiger partial charge < -0.3 is 9.47 Å². The first-order valence-electron chi connectivity index (χ1n) is 10.0. The summed E-state index contributed by atoms with van der Waals surface area (Å²) in [4.78, 5) is 12.5. The lowest BCUT2D eigenvalue weighted by molar-refractivity contribution is 0.546. The SMILES string of the molecule is CC(C)(C)c1nc(N2CCCC2)c2ccn(Cc3ccccc3S(C)(=O)=O)c2n1. The van der Waals surface area contributed by atoms with Gasteiger partial charge in [-0.05, 0) is 30.5 Å². The van der Waals surface area contributed by atoms with Crippen molar-refractivity contribution >= 4 is 26.7 Å². The van der Waals surface area contributed by atoms with Crippen LogP contribution in [0.2, 0.25) is 0 Å². The maximum atomic E-state index is 12.2. The van der Waals surface area contributed by atoms with Crippen LogP contribution in [-0.4, -0.2) is 42.3 Å². The molecule has 7 heteroatoms. The Morgan fingerprint density at radius 1 is 1.03 bits per heavy atom. The molecule has 0 atom stereocenters. The molecule has 0 N–H and O–H groups in total. The summed E-state index contributed by atoms with van der Waals surface area (Å²) in [5.74, 6) is 1.80. The van der Waals surface area contributed by atoms with Crippen LogP contribution < -0.4 is 4.90 Å². The number of rotatable bonds is 4. The molecular weight excluding hydrogens is 384 g/mol. The smallest absolute Gasteiger partial charge is 0.175 e. The van der Waals surface area contributed by atoms with E-state index in [-0.39, 0.29) is 5.41 Å². The molecule has 0 spiro atoms. The Bertz CT molecular complexity index is 1150. The minimum Gasteiger partial charge on any atom is -0.356 e. The van der Waals surface area contributed by atoms with Gasteiger partial charge in [-0.15, -0.1) is 0 Å². The molecule has 0 bridgehead atoms. The summed E-state index contributed by atoms with van der Waals surface area (Å²) < 4.78 is 26.5. The van der Waals surface area contributed by atoms with Crippen LogP contribution >= 0.6 is 0 Å². The monoisotopic (exact) mass is 412 g/mol. The summed E-state index contributed by atoms with van der Waals surface area (Å²) in [5, 5.41) is 1.02. The van der Waals surface area contributed by atoms with Gasteiger partial charge in [0.25, 0.3) is 0 Å². The summed E-state index contributed by atoms with van der Waals surface area (Å²) in [6.07, 6.45) is 5.60. The highest BCUT2D eigenvalue weighted by Gasteiger charge is 2.25. The highest BCUT2D eigenvalue weighted by Crippen LogP contribution is 2.31. The van der Waals surface area contributed by atoms with Crippen molar-refractivity contribution in [2.75, 3.05) is 24.2 Å². The Kier molecular flexibility index (Phi) is 4.89. The van der Waals surface area contributed by atoms with E-state index in [1.54, 1.807) is 12.1 Å². The third-order valence-electron chi connectivity index (χ3n) is 5.39. The fraction of sp³-hybridized carbons (Fsp3) is 0.455. The Hall–Kier alpha value is -2.41. The van der Waals surface area contributed by atoms with Crippen molar-refractivity contribution in [3.8, 4) is 0 Å². The predicted octanol–water partition coefficient (Wildman–Crippen LogP) is 3.78. The van der Waals surface area contributed by atoms with Crippen LogP contribution in [0.3, 0.4) is 0 Å². The van der Waals surface area contributed by atoms with Crippen LogP contribution in [0, 0.1) is 0 Å². The van der Waals surface area contributed by atoms with Gasteiger partial charge in [-0.3, -0.25) is 0 Å². The lowest BCUT2D eigenvalue weighted by Gasteiger charge is -2.23. The van der Waals surface area contributed by atoms with Gasteiger partial charge in [-0.1, -0.05) is 39.0 Å². The molecule has 2 aromatic heterocycles. The number of nitrogens with zero attached hydrogens (tertiary/aromatic N) is 4. The van der Waals surface area contributed by atoms with Gasteiger partial charge in [0.2, 0.25) is 0 Å². The van der Waals surface area contributed by atoms with Crippen LogP contribution in [0.15, 0.2) is 41.4 Å². The summed E-state index contributed by atoms with van der Waals surface area (Å²) in [6, 6.07) is 9.23. The zero-order valence-corrected chi connectivity index (χ0v) is 18.3. The number of hydrogen-bond acceptors (Lipinski definition) is 5. The largest absolute Gasteiger partial charge is 0.356 e. The number of sulfone groups is 1. The van der Waals surface area contributed by atoms with E-state index in [9.17, 15) is 8.42 Å². The molecule has 4 rings (SSSR count). The minimum absolute atomic E-state index is 0.178. The van der Waals surface area contributed by atoms with Gasteiger partial charge >= 0.3 is 0 Å². The molecular formula is C22H28N4O2S. The molecule has 1 saturated heterocycles. The first-order valence-corrected chi connectivity index (χ1v) is 11.9. The zero-order chi connectivity index (χ0) is 20.8. The standard InChI is InChI=1S/C22H28N4O2S/c1-22(2,3)21-23-19(25-12-7-8-13-25)17-11-14-26(20(17)24-21)15-16-9-5-6-10-18(16)29(4,27)28/h5-6,9-11,14H,7-8,12-13,15H2,1-4H3. The topological polar surface area (TPSA) is 68.1 Å². The number of hydrogen-bond donors (Lipinski definition) is 0. The van der Waals surface area contributed by atoms with Crippen molar-refractivity contribution in [2.45, 2.75) is 50.5 Å². The number of aromatic nitrogens is 3. The number of anilines is 1. The van der Waals surface area contributed by atoms with E-state index in [1.165, 1.54) is 19.1 Å². The molecule has 29 heavy (non-hydrogen) atoms. The summed E-state index contributed by atoms with van der Waals surface area (Å²) in [6.45, 7) is 8.83. The van der Waals surface area contributed by atoms with Crippen LogP contribution in [0.25, 0.3) is 11.0 Å². The summed E-state index contributed by atoms with van der Waals surface area (Å²) in [7, 11) is -3.30. The van der Waals surface area contributed by atoms with Gasteiger partial charge in [-0.25, -0.2) is 18.4 Å². The lowest BCUT2D eigenvalue weighted by atomic mass is 9.95. The van der Waals surface area contributed by atoms with Gasteiger partial charge in [-0.2, -0.15) is 0 Å². The predicted molar refractivity (Wildman–Crippen MR) is 116 cm³/mol. The van der Waals surface area contributed by atoms with E-state index < -0.39 is 9.84 Å². The van der Waals surface area contributed by atoms with Crippen molar-refractivity contribution in [2.24, 2.45) is 0 Å². The van der Waals surface area contributed by atoms with E-state index in [1.807, 2.05) is 22.9 Å². The molecule has 1 aliphatic heterocycles. The Morgan fingerprint density at radius 2 is 1.72 bits per heavy atom. The van der Waals surface area contributed by atoms with Crippen LogP contribution in [0.4, 0.5) is 5.82 Å². The lowest BCUT2D eigenvalue weighted by Crippen LogP contribution is -2.23. The molecule has 0 aliphatic carbocycles. The second-order valence-electron chi connectivity index (χ2n) is 8.88. The maximum absolute atomic E-state index is 12.2. The van der Waals surface area contributed by atoms with E-state index in [4.69, 9.17) is 9.97 Å². The first kappa shape index (κ1) is 19.9. The highest BCUT2D eigenvalue weighted by atomic mass is 32.2. The minimum atomic E-state index is -3.30. The van der Waals surface area contributed by atoms with Crippen LogP contribution in [-0.2, 0) is 21.8 Å². The maximum Gasteiger partial charge on any atom is 0.175 e. The Labute approximate surface area is 172 Å². The molecule has 0 amide bonds. The molecule has 154 valence electrons. The fourth-order valence-electron chi connectivity index (χ4n) is 3.86. The van der Waals surface area contributed by atoms with Gasteiger partial charge in [0.05, 0.1) is 16.8 Å². The summed E-state index contributed by atoms with van der Waals surface area (Å²) >= 11 is 0. The molecule has 3 heterocycles. The van der Waals surface area contributed by atoms with Gasteiger partial charge in [0.1, 0.15) is 17.3 Å². The Balaban J connectivity index is 1.86. The first-order chi connectivity index (χ1) is 13.6. The van der Waals surface area contributed by atoms with Crippen molar-refractivity contribution in [3.63, 3.8) is 0 Å². The van der Waals surface area contributed by atoms with E-state index in [0.29, 0.717) is 11.4 Å². The fourth-order valence-corrected chi connectivity index (χ4v) is 4.80. The van der Waals surface area contributed by atoms with E-state index in [2.05, 4.69) is 31.7 Å². The Morgan fingerprint density at radius 3 is 2.38 bits per heavy atom. The second kappa shape index (κ2) is 7.13. The van der Waals surface area contributed by atoms with Crippen molar-refractivity contribution in [1.82, 2.24) is 14.5 Å². The molecule has 0 saturated carbocycles. The van der Waals surface area contributed by atoms with E-state index >= 15 is 0 Å². The van der Waals surface area contributed by atoms with Crippen LogP contribution in [0.1, 0.15) is 45.0 Å². The quantitative estimate of drug-likeness (QED) is 0.652. The molecule has 0 unspecified atom stereocenters. The number of benzene rings is 1. The van der Waals surface area contributed by atoms with Gasteiger partial charge in [0, 0.05) is 31.0 Å². The molecule has 1 aliphatic rings. The average molecular weight is 413 g/mol. The molecule has 6 nitrogen and oxygen atoms in total. The highest BCUT2D eigenvalue weighted by molar-refractivity contribution is 7.90. The third kappa shape index (κ3) is 3.88. The number of fused-ring (bicyclic) bond motifs is 1. The zero-order valence-electron chi connectivity index (χ0n) is 17.5. The average Bonchev–Trinajstić information content (AvgIpc) is 3.30. The van der Waals surface area contributed by atoms with Gasteiger partial charge in [0.15, 0.2) is 9.84 Å².